The highest BCUT2D eigenvalue weighted by atomic mass is 32.2. The molecule has 1 atom stereocenters. The molecule has 1 aliphatic heterocycles. The zero-order chi connectivity index (χ0) is 29.4. The van der Waals surface area contributed by atoms with E-state index in [1.165, 1.54) is 16.5 Å². The lowest BCUT2D eigenvalue weighted by atomic mass is 9.74. The molecule has 0 amide bonds. The molecule has 0 spiro atoms. The average Bonchev–Trinajstić information content (AvgIpc) is 2.93. The van der Waals surface area contributed by atoms with Crippen LogP contribution >= 0.6 is 11.8 Å². The summed E-state index contributed by atoms with van der Waals surface area (Å²) < 4.78 is 14.0. The van der Waals surface area contributed by atoms with Gasteiger partial charge in [0.25, 0.3) is 5.69 Å². The van der Waals surface area contributed by atoms with Gasteiger partial charge in [-0.15, -0.1) is 11.8 Å². The Hall–Kier alpha value is -4.42. The Morgan fingerprint density at radius 3 is 2.51 bits per heavy atom. The van der Waals surface area contributed by atoms with Crippen LogP contribution in [-0.4, -0.2) is 10.7 Å². The first-order chi connectivity index (χ1) is 19.6. The van der Waals surface area contributed by atoms with E-state index in [1.54, 1.807) is 11.8 Å². The normalized spacial score (nSPS) is 17.0. The van der Waals surface area contributed by atoms with Crippen LogP contribution in [-0.2, 0) is 10.5 Å². The van der Waals surface area contributed by atoms with Crippen molar-refractivity contribution >= 4 is 28.9 Å². The van der Waals surface area contributed by atoms with Crippen molar-refractivity contribution in [1.82, 2.24) is 0 Å². The topological polar surface area (TPSA) is 113 Å². The van der Waals surface area contributed by atoms with E-state index in [4.69, 9.17) is 5.73 Å². The van der Waals surface area contributed by atoms with Crippen molar-refractivity contribution in [1.29, 1.82) is 5.26 Å². The van der Waals surface area contributed by atoms with Gasteiger partial charge in [0.05, 0.1) is 28.5 Å². The first kappa shape index (κ1) is 28.1. The van der Waals surface area contributed by atoms with Crippen molar-refractivity contribution in [3.8, 4) is 6.07 Å². The number of benzene rings is 3. The number of nitriles is 1. The molecule has 9 heteroatoms. The van der Waals surface area contributed by atoms with E-state index in [0.29, 0.717) is 36.3 Å². The minimum absolute atomic E-state index is 0.0104. The summed E-state index contributed by atoms with van der Waals surface area (Å²) in [6.45, 7) is 6.05. The van der Waals surface area contributed by atoms with Crippen LogP contribution in [0.2, 0.25) is 0 Å². The molecule has 1 aliphatic carbocycles. The molecule has 41 heavy (non-hydrogen) atoms. The van der Waals surface area contributed by atoms with Gasteiger partial charge in [-0.1, -0.05) is 29.8 Å². The third-order valence-electron chi connectivity index (χ3n) is 7.74. The van der Waals surface area contributed by atoms with Crippen LogP contribution in [0, 0.1) is 48.0 Å². The van der Waals surface area contributed by atoms with Gasteiger partial charge in [-0.3, -0.25) is 19.8 Å². The van der Waals surface area contributed by atoms with Crippen LogP contribution in [0.15, 0.2) is 82.2 Å². The number of anilines is 1. The average molecular weight is 569 g/mol. The van der Waals surface area contributed by atoms with Gasteiger partial charge < -0.3 is 5.73 Å². The minimum Gasteiger partial charge on any atom is -0.384 e. The second kappa shape index (κ2) is 11.2. The van der Waals surface area contributed by atoms with Gasteiger partial charge in [0.1, 0.15) is 17.3 Å². The molecule has 2 N–H and O–H groups in total. The zero-order valence-electron chi connectivity index (χ0n) is 23.0. The van der Waals surface area contributed by atoms with E-state index >= 15 is 0 Å². The molecule has 2 aliphatic rings. The molecule has 3 aromatic rings. The number of nitro groups is 1. The molecular formula is C32H29FN4O3S. The summed E-state index contributed by atoms with van der Waals surface area (Å²) in [5.74, 6) is -0.886. The van der Waals surface area contributed by atoms with E-state index in [1.807, 2.05) is 20.8 Å². The van der Waals surface area contributed by atoms with E-state index in [0.717, 1.165) is 39.3 Å². The van der Waals surface area contributed by atoms with Gasteiger partial charge in [-0.2, -0.15) is 5.26 Å². The van der Waals surface area contributed by atoms with E-state index < -0.39 is 22.3 Å². The Bertz CT molecular complexity index is 1690. The molecule has 0 saturated carbocycles. The molecule has 0 saturated heterocycles. The SMILES string of the molecule is Cc1ccc(SCc2cc(C3C(C#N)=C(N)N(c4ccc(F)cc4[N+](=O)[O-])C4=C3C(=O)CCC4)c(C)cc2C)cc1. The molecule has 1 heterocycles. The van der Waals surface area contributed by atoms with Crippen LogP contribution in [0.1, 0.15) is 53.0 Å². The van der Waals surface area contributed by atoms with Gasteiger partial charge in [-0.25, -0.2) is 4.39 Å². The lowest BCUT2D eigenvalue weighted by Crippen LogP contribution is -2.39. The van der Waals surface area contributed by atoms with Gasteiger partial charge in [-0.05, 0) is 80.1 Å². The number of halogens is 1. The number of rotatable bonds is 6. The Balaban J connectivity index is 1.66. The summed E-state index contributed by atoms with van der Waals surface area (Å²) in [6.07, 6.45) is 1.28. The van der Waals surface area contributed by atoms with Crippen LogP contribution in [0.3, 0.4) is 0 Å². The number of ketones is 1. The highest BCUT2D eigenvalue weighted by Gasteiger charge is 2.42. The number of aryl methyl sites for hydroxylation is 3. The van der Waals surface area contributed by atoms with E-state index in [-0.39, 0.29) is 22.9 Å². The number of Topliss-reactive ketones (excluding diaryl/α,β-unsaturated/α-hetero) is 1. The minimum atomic E-state index is -0.765. The zero-order valence-corrected chi connectivity index (χ0v) is 23.8. The number of nitrogens with two attached hydrogens (primary N) is 1. The third kappa shape index (κ3) is 5.23. The Morgan fingerprint density at radius 2 is 1.83 bits per heavy atom. The number of nitro benzene ring substituents is 1. The van der Waals surface area contributed by atoms with Crippen molar-refractivity contribution in [2.45, 2.75) is 56.6 Å². The maximum atomic E-state index is 14.0. The van der Waals surface area contributed by atoms with Crippen molar-refractivity contribution in [2.24, 2.45) is 5.73 Å². The number of thioether (sulfide) groups is 1. The molecule has 7 nitrogen and oxygen atoms in total. The summed E-state index contributed by atoms with van der Waals surface area (Å²) in [5.41, 5.74) is 12.4. The van der Waals surface area contributed by atoms with Crippen LogP contribution in [0.5, 0.6) is 0 Å². The molecule has 0 bridgehead atoms. The molecule has 0 radical (unpaired) electrons. The fourth-order valence-electron chi connectivity index (χ4n) is 5.68. The summed E-state index contributed by atoms with van der Waals surface area (Å²) in [6, 6.07) is 17.9. The Kier molecular flexibility index (Phi) is 7.70. The largest absolute Gasteiger partial charge is 0.384 e. The first-order valence-corrected chi connectivity index (χ1v) is 14.3. The molecular weight excluding hydrogens is 539 g/mol. The lowest BCUT2D eigenvalue weighted by Gasteiger charge is -2.39. The van der Waals surface area contributed by atoms with Crippen molar-refractivity contribution in [3.63, 3.8) is 0 Å². The molecule has 5 rings (SSSR count). The fraction of sp³-hybridized carbons (Fsp3) is 0.250. The van der Waals surface area contributed by atoms with Crippen LogP contribution < -0.4 is 10.6 Å². The lowest BCUT2D eigenvalue weighted by molar-refractivity contribution is -0.384. The second-order valence-electron chi connectivity index (χ2n) is 10.4. The maximum absolute atomic E-state index is 14.0. The molecule has 1 unspecified atom stereocenters. The van der Waals surface area contributed by atoms with Crippen molar-refractivity contribution in [2.75, 3.05) is 4.90 Å². The first-order valence-electron chi connectivity index (χ1n) is 13.3. The third-order valence-corrected chi connectivity index (χ3v) is 8.80. The predicted molar refractivity (Wildman–Crippen MR) is 158 cm³/mol. The second-order valence-corrected chi connectivity index (χ2v) is 11.5. The molecule has 3 aromatic carbocycles. The number of nitrogens with zero attached hydrogens (tertiary/aromatic N) is 3. The van der Waals surface area contributed by atoms with E-state index in [9.17, 15) is 24.6 Å². The monoisotopic (exact) mass is 568 g/mol. The van der Waals surface area contributed by atoms with Crippen molar-refractivity contribution < 1.29 is 14.1 Å². The van der Waals surface area contributed by atoms with Crippen molar-refractivity contribution in [3.05, 3.63) is 121 Å². The molecule has 0 fully saturated rings. The number of allylic oxidation sites excluding steroid dienone is 3. The fourth-order valence-corrected chi connectivity index (χ4v) is 6.64. The maximum Gasteiger partial charge on any atom is 0.296 e. The predicted octanol–water partition coefficient (Wildman–Crippen LogP) is 7.26. The standard InChI is InChI=1S/C32H29FN4O3S/c1-18-7-10-23(11-8-18)41-17-21-14-24(20(3)13-19(21)2)30-25(16-34)32(35)36(27-5-4-6-29(38)31(27)30)26-12-9-22(33)15-28(26)37(39)40/h7-15,30H,4-6,17,35H2,1-3H3. The van der Waals surface area contributed by atoms with Gasteiger partial charge >= 0.3 is 0 Å². The number of carbonyl (C=O) groups excluding carboxylic acids is 1. The van der Waals surface area contributed by atoms with Crippen LogP contribution in [0.4, 0.5) is 15.8 Å². The Labute approximate surface area is 242 Å². The van der Waals surface area contributed by atoms with Crippen LogP contribution in [0.25, 0.3) is 0 Å². The van der Waals surface area contributed by atoms with E-state index in [2.05, 4.69) is 42.5 Å². The highest BCUT2D eigenvalue weighted by Crippen LogP contribution is 2.49. The smallest absolute Gasteiger partial charge is 0.296 e. The highest BCUT2D eigenvalue weighted by molar-refractivity contribution is 7.98. The summed E-state index contributed by atoms with van der Waals surface area (Å²) in [7, 11) is 0. The molecule has 208 valence electrons. The number of carbonyl (C=O) groups is 1. The number of hydrogen-bond donors (Lipinski definition) is 1. The molecule has 0 aromatic heterocycles. The summed E-state index contributed by atoms with van der Waals surface area (Å²) in [5, 5.41) is 22.3. The number of hydrogen-bond acceptors (Lipinski definition) is 7. The van der Waals surface area contributed by atoms with Gasteiger partial charge in [0.2, 0.25) is 0 Å². The van der Waals surface area contributed by atoms with Gasteiger partial charge in [0, 0.05) is 28.3 Å². The summed E-state index contributed by atoms with van der Waals surface area (Å²) >= 11 is 1.71. The summed E-state index contributed by atoms with van der Waals surface area (Å²) in [4.78, 5) is 27.3. The quantitative estimate of drug-likeness (QED) is 0.189. The van der Waals surface area contributed by atoms with Gasteiger partial charge in [0.15, 0.2) is 5.78 Å². The Morgan fingerprint density at radius 1 is 1.10 bits per heavy atom.